The topological polar surface area (TPSA) is 99.9 Å². The van der Waals surface area contributed by atoms with E-state index in [2.05, 4.69) is 5.32 Å². The number of hydrogen-bond acceptors (Lipinski definition) is 5. The number of methoxy groups -OCH3 is 2. The summed E-state index contributed by atoms with van der Waals surface area (Å²) in [6.45, 7) is 1.49. The highest BCUT2D eigenvalue weighted by molar-refractivity contribution is 6.30. The van der Waals surface area contributed by atoms with Crippen LogP contribution in [0.25, 0.3) is 0 Å². The number of primary amides is 1. The predicted octanol–water partition coefficient (Wildman–Crippen LogP) is 2.78. The number of amides is 2. The van der Waals surface area contributed by atoms with E-state index in [1.807, 2.05) is 6.92 Å². The van der Waals surface area contributed by atoms with Gasteiger partial charge in [0.05, 0.1) is 14.2 Å². The first-order valence-electron chi connectivity index (χ1n) is 7.60. The highest BCUT2D eigenvalue weighted by atomic mass is 35.5. The van der Waals surface area contributed by atoms with Gasteiger partial charge in [-0.25, -0.2) is 0 Å². The maximum absolute atomic E-state index is 12.6. The summed E-state index contributed by atoms with van der Waals surface area (Å²) < 4.78 is 15.8. The quantitative estimate of drug-likeness (QED) is 0.771. The van der Waals surface area contributed by atoms with Crippen molar-refractivity contribution in [3.05, 3.63) is 46.5 Å². The molecule has 0 heterocycles. The van der Waals surface area contributed by atoms with E-state index in [0.717, 1.165) is 5.56 Å². The zero-order chi connectivity index (χ0) is 19.3. The number of aryl methyl sites for hydroxylation is 1. The molecule has 138 valence electrons. The summed E-state index contributed by atoms with van der Waals surface area (Å²) in [5, 5.41) is 3.39. The number of carbonyl (C=O) groups is 2. The molecule has 0 spiro atoms. The Morgan fingerprint density at radius 3 is 2.23 bits per heavy atom. The molecule has 0 bridgehead atoms. The van der Waals surface area contributed by atoms with Crippen LogP contribution in [0.1, 0.15) is 15.9 Å². The number of rotatable bonds is 7. The van der Waals surface area contributed by atoms with Crippen LogP contribution in [0.4, 0.5) is 5.69 Å². The number of halogens is 1. The first kappa shape index (κ1) is 19.4. The standard InChI is InChI=1S/C18H19ClN2O5/c1-10-6-12(19)4-5-13(10)21-18(23)11-7-14(24-2)17(15(8-11)25-3)26-9-16(20)22/h4-8H,9H2,1-3H3,(H2,20,22)(H,21,23). The molecule has 0 saturated carbocycles. The summed E-state index contributed by atoms with van der Waals surface area (Å²) in [6.07, 6.45) is 0. The lowest BCUT2D eigenvalue weighted by molar-refractivity contribution is -0.120. The van der Waals surface area contributed by atoms with Gasteiger partial charge in [0.15, 0.2) is 18.1 Å². The Morgan fingerprint density at radius 2 is 1.73 bits per heavy atom. The van der Waals surface area contributed by atoms with Crippen molar-refractivity contribution in [2.45, 2.75) is 6.92 Å². The highest BCUT2D eigenvalue weighted by Crippen LogP contribution is 2.38. The van der Waals surface area contributed by atoms with E-state index in [-0.39, 0.29) is 29.8 Å². The minimum Gasteiger partial charge on any atom is -0.493 e. The molecule has 0 aliphatic carbocycles. The third-order valence-corrected chi connectivity index (χ3v) is 3.75. The maximum atomic E-state index is 12.6. The van der Waals surface area contributed by atoms with Crippen LogP contribution >= 0.6 is 11.6 Å². The third-order valence-electron chi connectivity index (χ3n) is 3.52. The molecule has 0 aliphatic rings. The Kier molecular flexibility index (Phi) is 6.30. The number of nitrogens with two attached hydrogens (primary N) is 1. The van der Waals surface area contributed by atoms with Crippen LogP contribution in [0.15, 0.2) is 30.3 Å². The van der Waals surface area contributed by atoms with E-state index >= 15 is 0 Å². The summed E-state index contributed by atoms with van der Waals surface area (Å²) in [4.78, 5) is 23.5. The number of ether oxygens (including phenoxy) is 3. The van der Waals surface area contributed by atoms with Crippen LogP contribution in [0.3, 0.4) is 0 Å². The van der Waals surface area contributed by atoms with Gasteiger partial charge in [0.2, 0.25) is 5.75 Å². The lowest BCUT2D eigenvalue weighted by Gasteiger charge is -2.16. The van der Waals surface area contributed by atoms with E-state index in [1.165, 1.54) is 26.4 Å². The molecule has 0 aromatic heterocycles. The molecule has 0 radical (unpaired) electrons. The number of hydrogen-bond donors (Lipinski definition) is 2. The van der Waals surface area contributed by atoms with Gasteiger partial charge in [-0.3, -0.25) is 9.59 Å². The van der Waals surface area contributed by atoms with Gasteiger partial charge in [-0.05, 0) is 42.8 Å². The molecule has 2 amide bonds. The van der Waals surface area contributed by atoms with Gasteiger partial charge in [-0.2, -0.15) is 0 Å². The van der Waals surface area contributed by atoms with Crippen LogP contribution in [0, 0.1) is 6.92 Å². The number of carbonyl (C=O) groups excluding carboxylic acids is 2. The SMILES string of the molecule is COc1cc(C(=O)Nc2ccc(Cl)cc2C)cc(OC)c1OCC(N)=O. The Bertz CT molecular complexity index is 813. The molecule has 0 unspecified atom stereocenters. The fourth-order valence-electron chi connectivity index (χ4n) is 2.26. The Hall–Kier alpha value is -2.93. The van der Waals surface area contributed by atoms with E-state index in [0.29, 0.717) is 16.3 Å². The van der Waals surface area contributed by atoms with Crippen molar-refractivity contribution in [3.63, 3.8) is 0 Å². The zero-order valence-corrected chi connectivity index (χ0v) is 15.3. The van der Waals surface area contributed by atoms with Gasteiger partial charge in [-0.1, -0.05) is 11.6 Å². The Labute approximate surface area is 156 Å². The molecule has 0 aliphatic heterocycles. The first-order valence-corrected chi connectivity index (χ1v) is 7.98. The Morgan fingerprint density at radius 1 is 1.12 bits per heavy atom. The zero-order valence-electron chi connectivity index (χ0n) is 14.6. The number of anilines is 1. The van der Waals surface area contributed by atoms with Crippen LogP contribution in [-0.2, 0) is 4.79 Å². The number of benzene rings is 2. The smallest absolute Gasteiger partial charge is 0.255 e. The molecule has 0 fully saturated rings. The lowest BCUT2D eigenvalue weighted by atomic mass is 10.1. The maximum Gasteiger partial charge on any atom is 0.255 e. The summed E-state index contributed by atoms with van der Waals surface area (Å²) >= 11 is 5.93. The van der Waals surface area contributed by atoms with Gasteiger partial charge in [0.1, 0.15) is 0 Å². The number of nitrogens with one attached hydrogen (secondary N) is 1. The summed E-state index contributed by atoms with van der Waals surface area (Å²) in [7, 11) is 2.83. The molecule has 2 rings (SSSR count). The monoisotopic (exact) mass is 378 g/mol. The molecule has 3 N–H and O–H groups in total. The lowest BCUT2D eigenvalue weighted by Crippen LogP contribution is -2.20. The van der Waals surface area contributed by atoms with E-state index in [1.54, 1.807) is 18.2 Å². The van der Waals surface area contributed by atoms with Crippen LogP contribution in [-0.4, -0.2) is 32.6 Å². The summed E-state index contributed by atoms with van der Waals surface area (Å²) in [5.74, 6) is -0.345. The molecule has 7 nitrogen and oxygen atoms in total. The van der Waals surface area contributed by atoms with Crippen molar-refractivity contribution in [3.8, 4) is 17.2 Å². The second-order valence-corrected chi connectivity index (χ2v) is 5.81. The minimum absolute atomic E-state index is 0.188. The van der Waals surface area contributed by atoms with Crippen molar-refractivity contribution >= 4 is 29.1 Å². The normalized spacial score (nSPS) is 10.2. The molecule has 2 aromatic carbocycles. The fraction of sp³-hybridized carbons (Fsp3) is 0.222. The van der Waals surface area contributed by atoms with Crippen molar-refractivity contribution < 1.29 is 23.8 Å². The van der Waals surface area contributed by atoms with E-state index in [9.17, 15) is 9.59 Å². The molecule has 8 heteroatoms. The minimum atomic E-state index is -0.644. The van der Waals surface area contributed by atoms with Crippen LogP contribution in [0.5, 0.6) is 17.2 Å². The molecule has 0 saturated heterocycles. The van der Waals surface area contributed by atoms with Gasteiger partial charge in [0, 0.05) is 16.3 Å². The average Bonchev–Trinajstić information content (AvgIpc) is 2.61. The highest BCUT2D eigenvalue weighted by Gasteiger charge is 2.19. The van der Waals surface area contributed by atoms with E-state index < -0.39 is 5.91 Å². The Balaban J connectivity index is 2.33. The van der Waals surface area contributed by atoms with Crippen molar-refractivity contribution in [2.75, 3.05) is 26.1 Å². The van der Waals surface area contributed by atoms with Crippen LogP contribution in [0.2, 0.25) is 5.02 Å². The summed E-state index contributed by atoms with van der Waals surface area (Å²) in [6, 6.07) is 8.12. The first-order chi connectivity index (χ1) is 12.3. The summed E-state index contributed by atoms with van der Waals surface area (Å²) in [5.41, 5.74) is 6.84. The van der Waals surface area contributed by atoms with Crippen molar-refractivity contribution in [1.82, 2.24) is 0 Å². The van der Waals surface area contributed by atoms with Gasteiger partial charge in [-0.15, -0.1) is 0 Å². The fourth-order valence-corrected chi connectivity index (χ4v) is 2.49. The predicted molar refractivity (Wildman–Crippen MR) is 98.4 cm³/mol. The molecule has 0 atom stereocenters. The second kappa shape index (κ2) is 8.44. The van der Waals surface area contributed by atoms with E-state index in [4.69, 9.17) is 31.5 Å². The van der Waals surface area contributed by atoms with Crippen molar-refractivity contribution in [2.24, 2.45) is 5.73 Å². The van der Waals surface area contributed by atoms with Crippen LogP contribution < -0.4 is 25.3 Å². The molecule has 26 heavy (non-hydrogen) atoms. The largest absolute Gasteiger partial charge is 0.493 e. The molecular formula is C18H19ClN2O5. The molecular weight excluding hydrogens is 360 g/mol. The van der Waals surface area contributed by atoms with Gasteiger partial charge >= 0.3 is 0 Å². The van der Waals surface area contributed by atoms with Crippen molar-refractivity contribution in [1.29, 1.82) is 0 Å². The van der Waals surface area contributed by atoms with Gasteiger partial charge in [0.25, 0.3) is 11.8 Å². The third kappa shape index (κ3) is 4.58. The van der Waals surface area contributed by atoms with Gasteiger partial charge < -0.3 is 25.3 Å². The molecule has 2 aromatic rings. The second-order valence-electron chi connectivity index (χ2n) is 5.38. The average molecular weight is 379 g/mol.